The Morgan fingerprint density at radius 2 is 1.93 bits per heavy atom. The number of anilines is 4. The lowest BCUT2D eigenvalue weighted by molar-refractivity contribution is -0.383. The van der Waals surface area contributed by atoms with Crippen molar-refractivity contribution in [3.8, 4) is 0 Å². The molecular formula is C19H20N6O2. The van der Waals surface area contributed by atoms with Crippen molar-refractivity contribution in [3.05, 3.63) is 70.2 Å². The summed E-state index contributed by atoms with van der Waals surface area (Å²) in [5.74, 6) is 0.828. The summed E-state index contributed by atoms with van der Waals surface area (Å²) in [5.41, 5.74) is 2.50. The first-order valence-electron chi connectivity index (χ1n) is 8.54. The molecular weight excluding hydrogens is 344 g/mol. The zero-order chi connectivity index (χ0) is 19.4. The molecule has 0 saturated heterocycles. The second-order valence-corrected chi connectivity index (χ2v) is 6.02. The van der Waals surface area contributed by atoms with Crippen molar-refractivity contribution in [1.29, 1.82) is 0 Å². The van der Waals surface area contributed by atoms with E-state index in [1.165, 1.54) is 6.33 Å². The van der Waals surface area contributed by atoms with E-state index in [1.807, 2.05) is 57.2 Å². The number of aromatic nitrogens is 3. The molecule has 8 heteroatoms. The number of nitro groups is 1. The molecule has 0 atom stereocenters. The number of hydrogen-bond acceptors (Lipinski definition) is 7. The van der Waals surface area contributed by atoms with Crippen LogP contribution in [0.2, 0.25) is 0 Å². The van der Waals surface area contributed by atoms with Gasteiger partial charge in [0.1, 0.15) is 12.1 Å². The minimum atomic E-state index is -0.466. The van der Waals surface area contributed by atoms with Gasteiger partial charge in [-0.15, -0.1) is 0 Å². The molecule has 3 aromatic rings. The maximum Gasteiger partial charge on any atom is 0.354 e. The third-order valence-electron chi connectivity index (χ3n) is 4.01. The normalized spacial score (nSPS) is 10.5. The fourth-order valence-corrected chi connectivity index (χ4v) is 2.81. The number of aryl methyl sites for hydroxylation is 2. The molecule has 1 N–H and O–H groups in total. The summed E-state index contributed by atoms with van der Waals surface area (Å²) in [6.45, 7) is 6.26. The van der Waals surface area contributed by atoms with Crippen LogP contribution >= 0.6 is 0 Å². The molecule has 0 fully saturated rings. The van der Waals surface area contributed by atoms with Crippen molar-refractivity contribution < 1.29 is 4.92 Å². The van der Waals surface area contributed by atoms with Gasteiger partial charge in [0.05, 0.1) is 4.92 Å². The van der Waals surface area contributed by atoms with Gasteiger partial charge in [-0.1, -0.05) is 18.2 Å². The fraction of sp³-hybridized carbons (Fsp3) is 0.211. The van der Waals surface area contributed by atoms with Crippen LogP contribution in [0.25, 0.3) is 0 Å². The Morgan fingerprint density at radius 3 is 2.59 bits per heavy atom. The molecule has 3 rings (SSSR count). The van der Waals surface area contributed by atoms with Crippen molar-refractivity contribution >= 4 is 28.8 Å². The predicted octanol–water partition coefficient (Wildman–Crippen LogP) is 4.30. The quantitative estimate of drug-likeness (QED) is 0.514. The first-order valence-corrected chi connectivity index (χ1v) is 8.54. The lowest BCUT2D eigenvalue weighted by atomic mass is 10.2. The highest BCUT2D eigenvalue weighted by Gasteiger charge is 2.27. The SMILES string of the molecule is CCN(c1cccc(C)c1)c1ncnc(Nc2cccc(C)n2)c1[N+](=O)[O-]. The molecule has 27 heavy (non-hydrogen) atoms. The Balaban J connectivity index is 2.09. The zero-order valence-electron chi connectivity index (χ0n) is 15.4. The average Bonchev–Trinajstić information content (AvgIpc) is 2.62. The molecule has 8 nitrogen and oxygen atoms in total. The van der Waals surface area contributed by atoms with E-state index in [4.69, 9.17) is 0 Å². The van der Waals surface area contributed by atoms with E-state index in [9.17, 15) is 10.1 Å². The van der Waals surface area contributed by atoms with E-state index < -0.39 is 4.92 Å². The maximum absolute atomic E-state index is 11.9. The van der Waals surface area contributed by atoms with Gasteiger partial charge in [-0.3, -0.25) is 10.1 Å². The molecule has 0 amide bonds. The molecule has 0 aliphatic rings. The fourth-order valence-electron chi connectivity index (χ4n) is 2.81. The smallest absolute Gasteiger partial charge is 0.321 e. The third-order valence-corrected chi connectivity index (χ3v) is 4.01. The Labute approximate surface area is 157 Å². The second kappa shape index (κ2) is 7.77. The van der Waals surface area contributed by atoms with Crippen molar-refractivity contribution in [2.75, 3.05) is 16.8 Å². The van der Waals surface area contributed by atoms with Crippen LogP contribution in [0, 0.1) is 24.0 Å². The van der Waals surface area contributed by atoms with Gasteiger partial charge < -0.3 is 10.2 Å². The monoisotopic (exact) mass is 364 g/mol. The Bertz CT molecular complexity index is 976. The molecule has 0 aliphatic heterocycles. The number of nitrogens with one attached hydrogen (secondary N) is 1. The summed E-state index contributed by atoms with van der Waals surface area (Å²) >= 11 is 0. The number of nitrogens with zero attached hydrogens (tertiary/aromatic N) is 5. The summed E-state index contributed by atoms with van der Waals surface area (Å²) in [6.07, 6.45) is 1.32. The van der Waals surface area contributed by atoms with E-state index in [2.05, 4.69) is 20.3 Å². The molecule has 0 saturated carbocycles. The minimum absolute atomic E-state index is 0.106. The first kappa shape index (κ1) is 18.2. The van der Waals surface area contributed by atoms with Crippen LogP contribution in [0.3, 0.4) is 0 Å². The number of benzene rings is 1. The molecule has 2 aromatic heterocycles. The van der Waals surface area contributed by atoms with Crippen LogP contribution in [-0.2, 0) is 0 Å². The standard InChI is InChI=1S/C19H20N6O2/c1-4-24(15-9-5-7-13(2)11-15)19-17(25(26)27)18(20-12-21-19)23-16-10-6-8-14(3)22-16/h5-12H,4H2,1-3H3,(H,20,21,22,23). The van der Waals surface area contributed by atoms with Gasteiger partial charge in [-0.05, 0) is 50.6 Å². The highest BCUT2D eigenvalue weighted by molar-refractivity contribution is 5.77. The summed E-state index contributed by atoms with van der Waals surface area (Å²) in [6, 6.07) is 13.2. The molecule has 138 valence electrons. The predicted molar refractivity (Wildman–Crippen MR) is 105 cm³/mol. The van der Waals surface area contributed by atoms with Gasteiger partial charge in [0.25, 0.3) is 0 Å². The first-order chi connectivity index (χ1) is 13.0. The molecule has 1 aromatic carbocycles. The number of pyridine rings is 1. The van der Waals surface area contributed by atoms with E-state index in [0.29, 0.717) is 12.4 Å². The van der Waals surface area contributed by atoms with E-state index in [1.54, 1.807) is 11.0 Å². The van der Waals surface area contributed by atoms with Gasteiger partial charge in [-0.25, -0.2) is 15.0 Å². The molecule has 0 spiro atoms. The van der Waals surface area contributed by atoms with E-state index >= 15 is 0 Å². The van der Waals surface area contributed by atoms with Crippen molar-refractivity contribution in [2.24, 2.45) is 0 Å². The Hall–Kier alpha value is -3.55. The largest absolute Gasteiger partial charge is 0.354 e. The van der Waals surface area contributed by atoms with Gasteiger partial charge in [0.2, 0.25) is 11.6 Å². The lowest BCUT2D eigenvalue weighted by Crippen LogP contribution is -2.20. The van der Waals surface area contributed by atoms with Gasteiger partial charge in [0, 0.05) is 17.9 Å². The maximum atomic E-state index is 11.9. The summed E-state index contributed by atoms with van der Waals surface area (Å²) < 4.78 is 0. The van der Waals surface area contributed by atoms with E-state index in [-0.39, 0.29) is 17.3 Å². The van der Waals surface area contributed by atoms with Gasteiger partial charge in [-0.2, -0.15) is 0 Å². The van der Waals surface area contributed by atoms with Gasteiger partial charge >= 0.3 is 5.69 Å². The molecule has 2 heterocycles. The lowest BCUT2D eigenvalue weighted by Gasteiger charge is -2.22. The molecule has 0 unspecified atom stereocenters. The highest BCUT2D eigenvalue weighted by atomic mass is 16.6. The van der Waals surface area contributed by atoms with Crippen molar-refractivity contribution in [2.45, 2.75) is 20.8 Å². The van der Waals surface area contributed by atoms with Crippen LogP contribution in [0.15, 0.2) is 48.8 Å². The van der Waals surface area contributed by atoms with Crippen molar-refractivity contribution in [1.82, 2.24) is 15.0 Å². The summed E-state index contributed by atoms with van der Waals surface area (Å²) in [7, 11) is 0. The highest BCUT2D eigenvalue weighted by Crippen LogP contribution is 2.36. The number of hydrogen-bond donors (Lipinski definition) is 1. The summed E-state index contributed by atoms with van der Waals surface area (Å²) in [4.78, 5) is 25.8. The van der Waals surface area contributed by atoms with Crippen LogP contribution in [0.5, 0.6) is 0 Å². The number of rotatable bonds is 6. The Morgan fingerprint density at radius 1 is 1.15 bits per heavy atom. The van der Waals surface area contributed by atoms with Crippen LogP contribution in [0.1, 0.15) is 18.2 Å². The van der Waals surface area contributed by atoms with Crippen LogP contribution in [0.4, 0.5) is 28.8 Å². The Kier molecular flexibility index (Phi) is 5.25. The van der Waals surface area contributed by atoms with Crippen molar-refractivity contribution in [3.63, 3.8) is 0 Å². The van der Waals surface area contributed by atoms with E-state index in [0.717, 1.165) is 16.9 Å². The molecule has 0 radical (unpaired) electrons. The third kappa shape index (κ3) is 4.00. The van der Waals surface area contributed by atoms with Gasteiger partial charge in [0.15, 0.2) is 0 Å². The summed E-state index contributed by atoms with van der Waals surface area (Å²) in [5, 5.41) is 14.8. The zero-order valence-corrected chi connectivity index (χ0v) is 15.4. The topological polar surface area (TPSA) is 97.1 Å². The molecule has 0 aliphatic carbocycles. The minimum Gasteiger partial charge on any atom is -0.321 e. The second-order valence-electron chi connectivity index (χ2n) is 6.02. The van der Waals surface area contributed by atoms with Crippen LogP contribution in [-0.4, -0.2) is 26.4 Å². The molecule has 0 bridgehead atoms. The van der Waals surface area contributed by atoms with Crippen LogP contribution < -0.4 is 10.2 Å². The average molecular weight is 364 g/mol.